The fraction of sp³-hybridized carbons (Fsp3) is 0.444. The number of benzene rings is 2. The lowest BCUT2D eigenvalue weighted by atomic mass is 9.87. The zero-order valence-corrected chi connectivity index (χ0v) is 19.5. The van der Waals surface area contributed by atoms with E-state index in [0.29, 0.717) is 25.1 Å². The van der Waals surface area contributed by atoms with E-state index in [1.807, 2.05) is 31.2 Å². The van der Waals surface area contributed by atoms with Gasteiger partial charge in [-0.05, 0) is 73.4 Å². The third-order valence-corrected chi connectivity index (χ3v) is 7.51. The predicted octanol–water partition coefficient (Wildman–Crippen LogP) is 2.24. The van der Waals surface area contributed by atoms with E-state index in [1.165, 1.54) is 16.7 Å². The minimum Gasteiger partial charge on any atom is -0.348 e. The maximum atomic E-state index is 13.0. The molecule has 1 aliphatic carbocycles. The highest BCUT2D eigenvalue weighted by molar-refractivity contribution is 5.95. The molecular weight excluding hydrogens is 428 g/mol. The van der Waals surface area contributed by atoms with Crippen molar-refractivity contribution in [2.24, 2.45) is 0 Å². The highest BCUT2D eigenvalue weighted by Crippen LogP contribution is 2.29. The first-order valence-electron chi connectivity index (χ1n) is 12.3. The van der Waals surface area contributed by atoms with Crippen molar-refractivity contribution in [3.63, 3.8) is 0 Å². The second-order valence-electron chi connectivity index (χ2n) is 9.83. The lowest BCUT2D eigenvalue weighted by molar-refractivity contribution is -0.123. The first-order chi connectivity index (χ1) is 16.5. The molecule has 2 heterocycles. The van der Waals surface area contributed by atoms with Crippen molar-refractivity contribution >= 4 is 18.2 Å². The van der Waals surface area contributed by atoms with Crippen LogP contribution in [0.2, 0.25) is 0 Å². The van der Waals surface area contributed by atoms with E-state index in [9.17, 15) is 14.4 Å². The van der Waals surface area contributed by atoms with E-state index in [4.69, 9.17) is 0 Å². The van der Waals surface area contributed by atoms with Gasteiger partial charge in [0.25, 0.3) is 5.91 Å². The standard InChI is InChI=1S/C27H32N4O3/c1-17-11-19-9-10-20(12-21(19)15-31(17)16-32)26(33)29-22-13-25(28-14-22)27(34)30-24-8-4-6-18-5-2-3-7-23(18)24/h2-3,5,7,9-10,12,16-17,22,24-25,28H,4,6,8,11,13-15H2,1H3,(H,29,33)(H,30,34)/t17?,22?,24?,25-/m0/s1. The summed E-state index contributed by atoms with van der Waals surface area (Å²) < 4.78 is 0. The molecule has 178 valence electrons. The molecule has 2 aromatic rings. The van der Waals surface area contributed by atoms with Crippen LogP contribution in [0.3, 0.4) is 0 Å². The van der Waals surface area contributed by atoms with Crippen LogP contribution in [0.1, 0.15) is 64.8 Å². The monoisotopic (exact) mass is 460 g/mol. The van der Waals surface area contributed by atoms with Gasteiger partial charge in [-0.25, -0.2) is 0 Å². The van der Waals surface area contributed by atoms with Crippen LogP contribution >= 0.6 is 0 Å². The summed E-state index contributed by atoms with van der Waals surface area (Å²) in [6.07, 6.45) is 5.32. The molecule has 1 saturated heterocycles. The number of fused-ring (bicyclic) bond motifs is 2. The summed E-state index contributed by atoms with van der Waals surface area (Å²) in [4.78, 5) is 38.9. The topological polar surface area (TPSA) is 90.5 Å². The summed E-state index contributed by atoms with van der Waals surface area (Å²) in [7, 11) is 0. The van der Waals surface area contributed by atoms with Gasteiger partial charge in [0.05, 0.1) is 12.1 Å². The molecule has 7 heteroatoms. The lowest BCUT2D eigenvalue weighted by Gasteiger charge is -2.32. The highest BCUT2D eigenvalue weighted by Gasteiger charge is 2.32. The van der Waals surface area contributed by atoms with Gasteiger partial charge in [0.15, 0.2) is 0 Å². The average molecular weight is 461 g/mol. The first-order valence-corrected chi connectivity index (χ1v) is 12.3. The van der Waals surface area contributed by atoms with Crippen LogP contribution in [0, 0.1) is 0 Å². The molecule has 0 bridgehead atoms. The maximum Gasteiger partial charge on any atom is 0.251 e. The average Bonchev–Trinajstić information content (AvgIpc) is 3.32. The van der Waals surface area contributed by atoms with Crippen LogP contribution in [0.4, 0.5) is 0 Å². The molecule has 0 spiro atoms. The Morgan fingerprint density at radius 3 is 2.79 bits per heavy atom. The molecule has 7 nitrogen and oxygen atoms in total. The van der Waals surface area contributed by atoms with Gasteiger partial charge in [-0.3, -0.25) is 14.4 Å². The van der Waals surface area contributed by atoms with Crippen LogP contribution in [0.5, 0.6) is 0 Å². The summed E-state index contributed by atoms with van der Waals surface area (Å²) >= 11 is 0. The second kappa shape index (κ2) is 9.58. The molecule has 0 saturated carbocycles. The fourth-order valence-electron chi connectivity index (χ4n) is 5.53. The van der Waals surface area contributed by atoms with Crippen LogP contribution < -0.4 is 16.0 Å². The van der Waals surface area contributed by atoms with Gasteiger partial charge in [-0.2, -0.15) is 0 Å². The third kappa shape index (κ3) is 4.57. The Hall–Kier alpha value is -3.19. The van der Waals surface area contributed by atoms with Crippen molar-refractivity contribution in [1.82, 2.24) is 20.9 Å². The molecule has 34 heavy (non-hydrogen) atoms. The summed E-state index contributed by atoms with van der Waals surface area (Å²) in [5, 5.41) is 9.57. The number of carbonyl (C=O) groups excluding carboxylic acids is 3. The van der Waals surface area contributed by atoms with Gasteiger partial charge >= 0.3 is 0 Å². The quantitative estimate of drug-likeness (QED) is 0.597. The van der Waals surface area contributed by atoms with Crippen molar-refractivity contribution in [3.05, 3.63) is 70.3 Å². The predicted molar refractivity (Wildman–Crippen MR) is 129 cm³/mol. The summed E-state index contributed by atoms with van der Waals surface area (Å²) in [5.41, 5.74) is 5.34. The van der Waals surface area contributed by atoms with E-state index >= 15 is 0 Å². The molecule has 4 atom stereocenters. The number of amides is 3. The van der Waals surface area contributed by atoms with E-state index in [0.717, 1.165) is 37.7 Å². The van der Waals surface area contributed by atoms with Crippen molar-refractivity contribution in [3.8, 4) is 0 Å². The van der Waals surface area contributed by atoms with Crippen LogP contribution in [0.25, 0.3) is 0 Å². The molecule has 3 N–H and O–H groups in total. The van der Waals surface area contributed by atoms with Gasteiger partial charge in [-0.15, -0.1) is 0 Å². The maximum absolute atomic E-state index is 13.0. The molecule has 2 aliphatic heterocycles. The van der Waals surface area contributed by atoms with Crippen molar-refractivity contribution < 1.29 is 14.4 Å². The number of hydrogen-bond donors (Lipinski definition) is 3. The number of nitrogens with zero attached hydrogens (tertiary/aromatic N) is 1. The SMILES string of the molecule is CC1Cc2ccc(C(=O)NC3CN[C@H](C(=O)NC4CCCc5ccccc54)C3)cc2CN1C=O. The molecule has 3 unspecified atom stereocenters. The zero-order valence-electron chi connectivity index (χ0n) is 19.5. The number of nitrogens with one attached hydrogen (secondary N) is 3. The largest absolute Gasteiger partial charge is 0.348 e. The van der Waals surface area contributed by atoms with Crippen molar-refractivity contribution in [2.45, 2.75) is 69.7 Å². The minimum absolute atomic E-state index is 0.00435. The van der Waals surface area contributed by atoms with Gasteiger partial charge < -0.3 is 20.9 Å². The Balaban J connectivity index is 1.17. The van der Waals surface area contributed by atoms with E-state index in [-0.39, 0.29) is 36.0 Å². The Morgan fingerprint density at radius 2 is 1.94 bits per heavy atom. The van der Waals surface area contributed by atoms with Gasteiger partial charge in [0.2, 0.25) is 12.3 Å². The molecule has 5 rings (SSSR count). The van der Waals surface area contributed by atoms with Crippen molar-refractivity contribution in [1.29, 1.82) is 0 Å². The summed E-state index contributed by atoms with van der Waals surface area (Å²) in [6.45, 7) is 3.12. The van der Waals surface area contributed by atoms with Crippen LogP contribution in [-0.2, 0) is 29.0 Å². The van der Waals surface area contributed by atoms with Crippen LogP contribution in [0.15, 0.2) is 42.5 Å². The van der Waals surface area contributed by atoms with E-state index in [1.54, 1.807) is 4.90 Å². The molecular formula is C27H32N4O3. The molecule has 3 amide bonds. The Kier molecular flexibility index (Phi) is 6.37. The number of carbonyl (C=O) groups is 3. The molecule has 1 fully saturated rings. The number of rotatable bonds is 5. The second-order valence-corrected chi connectivity index (χ2v) is 9.83. The lowest BCUT2D eigenvalue weighted by Crippen LogP contribution is -2.42. The molecule has 0 aromatic heterocycles. The third-order valence-electron chi connectivity index (χ3n) is 7.51. The number of hydrogen-bond acceptors (Lipinski definition) is 4. The Morgan fingerprint density at radius 1 is 1.09 bits per heavy atom. The fourth-order valence-corrected chi connectivity index (χ4v) is 5.53. The Labute approximate surface area is 200 Å². The molecule has 3 aliphatic rings. The van der Waals surface area contributed by atoms with E-state index in [2.05, 4.69) is 34.1 Å². The van der Waals surface area contributed by atoms with Gasteiger partial charge in [0.1, 0.15) is 0 Å². The van der Waals surface area contributed by atoms with Gasteiger partial charge in [0, 0.05) is 30.7 Å². The first kappa shape index (κ1) is 22.6. The smallest absolute Gasteiger partial charge is 0.251 e. The molecule has 2 aromatic carbocycles. The summed E-state index contributed by atoms with van der Waals surface area (Å²) in [5.74, 6) is -0.150. The highest BCUT2D eigenvalue weighted by atomic mass is 16.2. The van der Waals surface area contributed by atoms with E-state index < -0.39 is 0 Å². The minimum atomic E-state index is -0.314. The molecule has 0 radical (unpaired) electrons. The van der Waals surface area contributed by atoms with Crippen molar-refractivity contribution in [2.75, 3.05) is 6.54 Å². The zero-order chi connectivity index (χ0) is 23.7. The number of aryl methyl sites for hydroxylation is 1. The summed E-state index contributed by atoms with van der Waals surface area (Å²) in [6, 6.07) is 13.9. The Bertz CT molecular complexity index is 1100. The normalized spacial score (nSPS) is 25.7. The van der Waals surface area contributed by atoms with Crippen LogP contribution in [-0.4, -0.2) is 47.8 Å². The van der Waals surface area contributed by atoms with Gasteiger partial charge in [-0.1, -0.05) is 30.3 Å².